The van der Waals surface area contributed by atoms with Crippen LogP contribution in [0.5, 0.6) is 0 Å². The maximum Gasteiger partial charge on any atom is 0.353 e. The van der Waals surface area contributed by atoms with Crippen molar-refractivity contribution in [2.24, 2.45) is 5.92 Å². The molecule has 0 aromatic carbocycles. The van der Waals surface area contributed by atoms with E-state index in [0.29, 0.717) is 6.54 Å². The van der Waals surface area contributed by atoms with Crippen molar-refractivity contribution < 1.29 is 10.0 Å². The summed E-state index contributed by atoms with van der Waals surface area (Å²) in [7, 11) is 1.57. The average Bonchev–Trinajstić information content (AvgIpc) is 2.45. The van der Waals surface area contributed by atoms with E-state index in [4.69, 9.17) is 0 Å². The Morgan fingerprint density at radius 1 is 1.40 bits per heavy atom. The van der Waals surface area contributed by atoms with Crippen LogP contribution in [0.15, 0.2) is 6.33 Å². The number of aliphatic hydroxyl groups is 1. The zero-order valence-corrected chi connectivity index (χ0v) is 11.4. The summed E-state index contributed by atoms with van der Waals surface area (Å²) < 4.78 is 0. The molecule has 1 aliphatic rings. The van der Waals surface area contributed by atoms with Gasteiger partial charge in [0.1, 0.15) is 6.33 Å². The van der Waals surface area contributed by atoms with Crippen LogP contribution in [0.25, 0.3) is 0 Å². The van der Waals surface area contributed by atoms with E-state index in [9.17, 15) is 15.2 Å². The number of anilines is 2. The fourth-order valence-corrected chi connectivity index (χ4v) is 2.52. The fourth-order valence-electron chi connectivity index (χ4n) is 2.52. The summed E-state index contributed by atoms with van der Waals surface area (Å²) in [5.41, 5.74) is -0.166. The maximum absolute atomic E-state index is 11.1. The van der Waals surface area contributed by atoms with Crippen LogP contribution < -0.4 is 10.6 Å². The largest absolute Gasteiger partial charge is 0.393 e. The van der Waals surface area contributed by atoms with Crippen LogP contribution in [0.1, 0.15) is 25.7 Å². The Morgan fingerprint density at radius 3 is 2.75 bits per heavy atom. The minimum Gasteiger partial charge on any atom is -0.393 e. The second-order valence-electron chi connectivity index (χ2n) is 4.92. The summed E-state index contributed by atoms with van der Waals surface area (Å²) >= 11 is 0. The number of rotatable bonds is 5. The molecule has 1 aromatic rings. The van der Waals surface area contributed by atoms with Crippen molar-refractivity contribution >= 4 is 17.3 Å². The lowest BCUT2D eigenvalue weighted by Crippen LogP contribution is -2.30. The summed E-state index contributed by atoms with van der Waals surface area (Å²) in [6, 6.07) is 0. The first-order valence-corrected chi connectivity index (χ1v) is 6.72. The molecule has 3 N–H and O–H groups in total. The van der Waals surface area contributed by atoms with E-state index in [-0.39, 0.29) is 29.3 Å². The van der Waals surface area contributed by atoms with Crippen LogP contribution in [0.2, 0.25) is 0 Å². The SMILES string of the molecule is CNc1ncnc(NCC2CCCCC2O)c1[N+](=O)[O-]. The van der Waals surface area contributed by atoms with Gasteiger partial charge in [0, 0.05) is 19.5 Å². The standard InChI is InChI=1S/C12H19N5O3/c1-13-11-10(17(19)20)12(16-7-15-11)14-6-8-4-2-3-5-9(8)18/h7-9,18H,2-6H2,1H3,(H2,13,14,15,16). The molecular weight excluding hydrogens is 262 g/mol. The molecule has 2 atom stereocenters. The van der Waals surface area contributed by atoms with E-state index >= 15 is 0 Å². The molecule has 1 heterocycles. The number of aliphatic hydroxyl groups excluding tert-OH is 1. The molecule has 0 bridgehead atoms. The number of hydrogen-bond acceptors (Lipinski definition) is 7. The number of hydrogen-bond donors (Lipinski definition) is 3. The molecule has 0 saturated heterocycles. The number of aromatic nitrogens is 2. The first-order valence-electron chi connectivity index (χ1n) is 6.72. The summed E-state index contributed by atoms with van der Waals surface area (Å²) in [4.78, 5) is 18.4. The van der Waals surface area contributed by atoms with Crippen molar-refractivity contribution in [3.63, 3.8) is 0 Å². The molecular formula is C12H19N5O3. The van der Waals surface area contributed by atoms with Crippen LogP contribution in [-0.4, -0.2) is 39.7 Å². The predicted octanol–water partition coefficient (Wildman–Crippen LogP) is 1.39. The van der Waals surface area contributed by atoms with Crippen molar-refractivity contribution in [1.29, 1.82) is 0 Å². The molecule has 20 heavy (non-hydrogen) atoms. The zero-order valence-electron chi connectivity index (χ0n) is 11.4. The lowest BCUT2D eigenvalue weighted by molar-refractivity contribution is -0.383. The molecule has 0 amide bonds. The van der Waals surface area contributed by atoms with Gasteiger partial charge in [-0.3, -0.25) is 10.1 Å². The van der Waals surface area contributed by atoms with Gasteiger partial charge in [-0.25, -0.2) is 9.97 Å². The quantitative estimate of drug-likeness (QED) is 0.552. The van der Waals surface area contributed by atoms with Gasteiger partial charge >= 0.3 is 5.69 Å². The zero-order chi connectivity index (χ0) is 14.5. The number of nitro groups is 1. The summed E-state index contributed by atoms with van der Waals surface area (Å²) in [6.07, 6.45) is 4.76. The second-order valence-corrected chi connectivity index (χ2v) is 4.92. The van der Waals surface area contributed by atoms with Crippen LogP contribution >= 0.6 is 0 Å². The van der Waals surface area contributed by atoms with E-state index in [1.54, 1.807) is 7.05 Å². The van der Waals surface area contributed by atoms with Crippen molar-refractivity contribution in [1.82, 2.24) is 9.97 Å². The van der Waals surface area contributed by atoms with E-state index in [2.05, 4.69) is 20.6 Å². The van der Waals surface area contributed by atoms with Gasteiger partial charge < -0.3 is 15.7 Å². The Morgan fingerprint density at radius 2 is 2.10 bits per heavy atom. The highest BCUT2D eigenvalue weighted by atomic mass is 16.6. The molecule has 1 aliphatic carbocycles. The predicted molar refractivity (Wildman–Crippen MR) is 74.7 cm³/mol. The Bertz CT molecular complexity index is 482. The monoisotopic (exact) mass is 281 g/mol. The highest BCUT2D eigenvalue weighted by molar-refractivity contribution is 5.68. The molecule has 0 radical (unpaired) electrons. The van der Waals surface area contributed by atoms with Crippen molar-refractivity contribution in [2.75, 3.05) is 24.2 Å². The smallest absolute Gasteiger partial charge is 0.353 e. The van der Waals surface area contributed by atoms with Gasteiger partial charge in [0.25, 0.3) is 0 Å². The summed E-state index contributed by atoms with van der Waals surface area (Å²) in [5, 5.41) is 26.7. The molecule has 8 nitrogen and oxygen atoms in total. The maximum atomic E-state index is 11.1. The van der Waals surface area contributed by atoms with Crippen molar-refractivity contribution in [3.05, 3.63) is 16.4 Å². The first-order chi connectivity index (χ1) is 9.63. The minimum atomic E-state index is -0.508. The van der Waals surface area contributed by atoms with Crippen LogP contribution in [0, 0.1) is 16.0 Å². The van der Waals surface area contributed by atoms with Crippen LogP contribution in [-0.2, 0) is 0 Å². The molecule has 1 aromatic heterocycles. The van der Waals surface area contributed by atoms with Gasteiger partial charge in [0.05, 0.1) is 11.0 Å². The van der Waals surface area contributed by atoms with Crippen molar-refractivity contribution in [2.45, 2.75) is 31.8 Å². The van der Waals surface area contributed by atoms with Crippen LogP contribution in [0.4, 0.5) is 17.3 Å². The van der Waals surface area contributed by atoms with Gasteiger partial charge in [-0.15, -0.1) is 0 Å². The molecule has 0 aliphatic heterocycles. The highest BCUT2D eigenvalue weighted by Gasteiger charge is 2.26. The van der Waals surface area contributed by atoms with Gasteiger partial charge in [-0.1, -0.05) is 12.8 Å². The lowest BCUT2D eigenvalue weighted by atomic mass is 9.86. The van der Waals surface area contributed by atoms with Crippen LogP contribution in [0.3, 0.4) is 0 Å². The lowest BCUT2D eigenvalue weighted by Gasteiger charge is -2.27. The normalized spacial score (nSPS) is 22.3. The van der Waals surface area contributed by atoms with Gasteiger partial charge in [0.2, 0.25) is 11.6 Å². The molecule has 2 rings (SSSR count). The third-order valence-electron chi connectivity index (χ3n) is 3.64. The Hall–Kier alpha value is -1.96. The molecule has 110 valence electrons. The molecule has 1 fully saturated rings. The van der Waals surface area contributed by atoms with Crippen molar-refractivity contribution in [3.8, 4) is 0 Å². The third kappa shape index (κ3) is 3.13. The van der Waals surface area contributed by atoms with E-state index in [1.807, 2.05) is 0 Å². The Balaban J connectivity index is 2.10. The molecule has 0 spiro atoms. The topological polar surface area (TPSA) is 113 Å². The molecule has 2 unspecified atom stereocenters. The molecule has 8 heteroatoms. The highest BCUT2D eigenvalue weighted by Crippen LogP contribution is 2.30. The van der Waals surface area contributed by atoms with E-state index < -0.39 is 4.92 Å². The Kier molecular flexibility index (Phi) is 4.67. The molecule has 1 saturated carbocycles. The number of nitrogens with zero attached hydrogens (tertiary/aromatic N) is 3. The fraction of sp³-hybridized carbons (Fsp3) is 0.667. The Labute approximate surface area is 116 Å². The van der Waals surface area contributed by atoms with Gasteiger partial charge in [0.15, 0.2) is 0 Å². The van der Waals surface area contributed by atoms with E-state index in [1.165, 1.54) is 6.33 Å². The van der Waals surface area contributed by atoms with Gasteiger partial charge in [-0.2, -0.15) is 0 Å². The second kappa shape index (κ2) is 6.47. The average molecular weight is 281 g/mol. The number of nitrogens with one attached hydrogen (secondary N) is 2. The summed E-state index contributed by atoms with van der Waals surface area (Å²) in [6.45, 7) is 0.474. The summed E-state index contributed by atoms with van der Waals surface area (Å²) in [5.74, 6) is 0.472. The van der Waals surface area contributed by atoms with Gasteiger partial charge in [-0.05, 0) is 12.8 Å². The minimum absolute atomic E-state index is 0.108. The third-order valence-corrected chi connectivity index (χ3v) is 3.64. The first kappa shape index (κ1) is 14.4. The van der Waals surface area contributed by atoms with E-state index in [0.717, 1.165) is 25.7 Å².